The highest BCUT2D eigenvalue weighted by atomic mass is 15.1. The summed E-state index contributed by atoms with van der Waals surface area (Å²) in [5.41, 5.74) is 4.07. The summed E-state index contributed by atoms with van der Waals surface area (Å²) in [6, 6.07) is 0. The minimum Gasteiger partial charge on any atom is -0.368 e. The SMILES string of the molecule is CC1=CNC2NC=CC2=C1C. The van der Waals surface area contributed by atoms with E-state index in [4.69, 9.17) is 0 Å². The van der Waals surface area contributed by atoms with E-state index in [2.05, 4.69) is 36.8 Å². The number of nitrogens with one attached hydrogen (secondary N) is 2. The predicted octanol–water partition coefficient (Wildman–Crippen LogP) is 1.25. The molecule has 2 heteroatoms. The van der Waals surface area contributed by atoms with Crippen LogP contribution in [0.5, 0.6) is 0 Å². The molecule has 58 valence electrons. The molecule has 0 fully saturated rings. The first kappa shape index (κ1) is 6.53. The molecule has 0 aromatic carbocycles. The number of fused-ring (bicyclic) bond motifs is 1. The molecule has 0 aromatic heterocycles. The van der Waals surface area contributed by atoms with Gasteiger partial charge >= 0.3 is 0 Å². The zero-order chi connectivity index (χ0) is 7.84. The van der Waals surface area contributed by atoms with E-state index in [9.17, 15) is 0 Å². The van der Waals surface area contributed by atoms with E-state index in [1.807, 2.05) is 6.20 Å². The summed E-state index contributed by atoms with van der Waals surface area (Å²) >= 11 is 0. The summed E-state index contributed by atoms with van der Waals surface area (Å²) in [6.07, 6.45) is 6.49. The summed E-state index contributed by atoms with van der Waals surface area (Å²) in [7, 11) is 0. The Balaban J connectivity index is 2.43. The lowest BCUT2D eigenvalue weighted by Crippen LogP contribution is -2.37. The molecule has 2 nitrogen and oxygen atoms in total. The molecule has 1 unspecified atom stereocenters. The lowest BCUT2D eigenvalue weighted by Gasteiger charge is -2.22. The van der Waals surface area contributed by atoms with Crippen LogP contribution in [-0.2, 0) is 0 Å². The van der Waals surface area contributed by atoms with E-state index < -0.39 is 0 Å². The maximum atomic E-state index is 3.27. The van der Waals surface area contributed by atoms with Crippen LogP contribution in [-0.4, -0.2) is 6.17 Å². The van der Waals surface area contributed by atoms with E-state index in [0.717, 1.165) is 0 Å². The molecule has 2 aliphatic heterocycles. The third kappa shape index (κ3) is 0.862. The summed E-state index contributed by atoms with van der Waals surface area (Å²) in [4.78, 5) is 0. The molecule has 11 heavy (non-hydrogen) atoms. The molecular weight excluding hydrogens is 136 g/mol. The molecule has 0 spiro atoms. The van der Waals surface area contributed by atoms with Crippen LogP contribution in [0.3, 0.4) is 0 Å². The third-order valence-corrected chi connectivity index (χ3v) is 2.33. The van der Waals surface area contributed by atoms with Crippen molar-refractivity contribution in [3.8, 4) is 0 Å². The van der Waals surface area contributed by atoms with Crippen molar-refractivity contribution < 1.29 is 0 Å². The van der Waals surface area contributed by atoms with Gasteiger partial charge in [0.15, 0.2) is 0 Å². The van der Waals surface area contributed by atoms with Crippen molar-refractivity contribution in [2.75, 3.05) is 0 Å². The van der Waals surface area contributed by atoms with E-state index in [1.54, 1.807) is 0 Å². The molecule has 0 saturated heterocycles. The van der Waals surface area contributed by atoms with Crippen molar-refractivity contribution in [2.45, 2.75) is 20.0 Å². The largest absolute Gasteiger partial charge is 0.368 e. The van der Waals surface area contributed by atoms with Gasteiger partial charge in [0.25, 0.3) is 0 Å². The van der Waals surface area contributed by atoms with Gasteiger partial charge < -0.3 is 10.6 Å². The van der Waals surface area contributed by atoms with Crippen LogP contribution in [0.15, 0.2) is 35.2 Å². The maximum Gasteiger partial charge on any atom is 0.122 e. The molecule has 0 aromatic rings. The average molecular weight is 148 g/mol. The van der Waals surface area contributed by atoms with Crippen LogP contribution in [0.25, 0.3) is 0 Å². The first-order valence-corrected chi connectivity index (χ1v) is 3.85. The fourth-order valence-corrected chi connectivity index (χ4v) is 1.44. The van der Waals surface area contributed by atoms with E-state index in [1.165, 1.54) is 16.7 Å². The summed E-state index contributed by atoms with van der Waals surface area (Å²) < 4.78 is 0. The van der Waals surface area contributed by atoms with Crippen molar-refractivity contribution in [1.29, 1.82) is 0 Å². The summed E-state index contributed by atoms with van der Waals surface area (Å²) in [5.74, 6) is 0. The monoisotopic (exact) mass is 148 g/mol. The first-order valence-electron chi connectivity index (χ1n) is 3.85. The van der Waals surface area contributed by atoms with E-state index >= 15 is 0 Å². The van der Waals surface area contributed by atoms with Crippen molar-refractivity contribution in [1.82, 2.24) is 10.6 Å². The zero-order valence-corrected chi connectivity index (χ0v) is 6.81. The molecule has 0 amide bonds. The van der Waals surface area contributed by atoms with Gasteiger partial charge in [-0.2, -0.15) is 0 Å². The zero-order valence-electron chi connectivity index (χ0n) is 6.81. The van der Waals surface area contributed by atoms with Crippen LogP contribution < -0.4 is 10.6 Å². The van der Waals surface area contributed by atoms with Crippen molar-refractivity contribution in [3.63, 3.8) is 0 Å². The fourth-order valence-electron chi connectivity index (χ4n) is 1.44. The molecular formula is C9H12N2. The highest BCUT2D eigenvalue weighted by Gasteiger charge is 2.19. The van der Waals surface area contributed by atoms with Crippen molar-refractivity contribution in [3.05, 3.63) is 35.2 Å². The molecule has 2 heterocycles. The number of hydrogen-bond acceptors (Lipinski definition) is 2. The summed E-state index contributed by atoms with van der Waals surface area (Å²) in [5, 5.41) is 6.48. The predicted molar refractivity (Wildman–Crippen MR) is 45.7 cm³/mol. The maximum absolute atomic E-state index is 3.27. The quantitative estimate of drug-likeness (QED) is 0.540. The van der Waals surface area contributed by atoms with Crippen LogP contribution in [0.4, 0.5) is 0 Å². The number of rotatable bonds is 0. The van der Waals surface area contributed by atoms with Crippen LogP contribution >= 0.6 is 0 Å². The molecule has 2 aliphatic rings. The van der Waals surface area contributed by atoms with Crippen LogP contribution in [0.2, 0.25) is 0 Å². The van der Waals surface area contributed by atoms with Gasteiger partial charge in [0, 0.05) is 6.20 Å². The smallest absolute Gasteiger partial charge is 0.122 e. The van der Waals surface area contributed by atoms with Crippen LogP contribution in [0, 0.1) is 0 Å². The topological polar surface area (TPSA) is 24.1 Å². The number of allylic oxidation sites excluding steroid dienone is 2. The van der Waals surface area contributed by atoms with Crippen molar-refractivity contribution in [2.24, 2.45) is 0 Å². The van der Waals surface area contributed by atoms with Gasteiger partial charge in [-0.25, -0.2) is 0 Å². The molecule has 0 aliphatic carbocycles. The normalized spacial score (nSPS) is 27.5. The fraction of sp³-hybridized carbons (Fsp3) is 0.333. The number of hydrogen-bond donors (Lipinski definition) is 2. The molecule has 1 atom stereocenters. The summed E-state index contributed by atoms with van der Waals surface area (Å²) in [6.45, 7) is 4.28. The second-order valence-corrected chi connectivity index (χ2v) is 3.01. The Kier molecular flexibility index (Phi) is 1.28. The number of dihydropyridines is 1. The van der Waals surface area contributed by atoms with E-state index in [-0.39, 0.29) is 0 Å². The Labute approximate surface area is 66.7 Å². The van der Waals surface area contributed by atoms with Gasteiger partial charge in [-0.05, 0) is 42.8 Å². The molecule has 2 rings (SSSR count). The highest BCUT2D eigenvalue weighted by molar-refractivity contribution is 5.45. The molecule has 2 N–H and O–H groups in total. The Hall–Kier alpha value is -1.18. The third-order valence-electron chi connectivity index (χ3n) is 2.33. The lowest BCUT2D eigenvalue weighted by molar-refractivity contribution is 0.623. The van der Waals surface area contributed by atoms with Gasteiger partial charge in [-0.1, -0.05) is 0 Å². The lowest BCUT2D eigenvalue weighted by atomic mass is 10.00. The second-order valence-electron chi connectivity index (χ2n) is 3.01. The van der Waals surface area contributed by atoms with Gasteiger partial charge in [0.2, 0.25) is 0 Å². The Morgan fingerprint density at radius 2 is 2.09 bits per heavy atom. The minimum absolute atomic E-state index is 0.318. The standard InChI is InChI=1S/C9H12N2/c1-6-5-11-9-8(7(6)2)3-4-10-9/h3-5,9-11H,1-2H3. The van der Waals surface area contributed by atoms with Gasteiger partial charge in [-0.15, -0.1) is 0 Å². The van der Waals surface area contributed by atoms with Gasteiger partial charge in [-0.3, -0.25) is 0 Å². The molecule has 0 bridgehead atoms. The average Bonchev–Trinajstić information content (AvgIpc) is 2.45. The second kappa shape index (κ2) is 2.16. The molecule has 0 saturated carbocycles. The highest BCUT2D eigenvalue weighted by Crippen LogP contribution is 2.23. The molecule has 0 radical (unpaired) electrons. The first-order chi connectivity index (χ1) is 5.29. The minimum atomic E-state index is 0.318. The van der Waals surface area contributed by atoms with Crippen molar-refractivity contribution >= 4 is 0 Å². The Morgan fingerprint density at radius 3 is 2.91 bits per heavy atom. The van der Waals surface area contributed by atoms with Crippen LogP contribution in [0.1, 0.15) is 13.8 Å². The Bertz CT molecular complexity index is 271. The Morgan fingerprint density at radius 1 is 1.27 bits per heavy atom. The van der Waals surface area contributed by atoms with Gasteiger partial charge in [0.1, 0.15) is 6.17 Å². The van der Waals surface area contributed by atoms with E-state index in [0.29, 0.717) is 6.17 Å². The van der Waals surface area contributed by atoms with Gasteiger partial charge in [0.05, 0.1) is 0 Å².